The van der Waals surface area contributed by atoms with Gasteiger partial charge in [0.15, 0.2) is 0 Å². The van der Waals surface area contributed by atoms with Crippen molar-refractivity contribution in [3.63, 3.8) is 0 Å². The fourth-order valence-electron chi connectivity index (χ4n) is 1.58. The summed E-state index contributed by atoms with van der Waals surface area (Å²) in [5, 5.41) is 6.04. The molecule has 0 saturated carbocycles. The number of ether oxygens (including phenoxy) is 1. The molecule has 0 radical (unpaired) electrons. The molecule has 1 aromatic heterocycles. The lowest BCUT2D eigenvalue weighted by Gasteiger charge is -2.11. The Morgan fingerprint density at radius 3 is 2.62 bits per heavy atom. The number of hydrogen-bond acceptors (Lipinski definition) is 4. The molecule has 0 unspecified atom stereocenters. The molecule has 0 fully saturated rings. The summed E-state index contributed by atoms with van der Waals surface area (Å²) < 4.78 is 66.3. The van der Waals surface area contributed by atoms with E-state index in [1.807, 2.05) is 0 Å². The molecule has 1 heterocycles. The lowest BCUT2D eigenvalue weighted by molar-refractivity contribution is -0.274. The molecule has 0 aliphatic carbocycles. The second-order valence-corrected chi connectivity index (χ2v) is 5.69. The van der Waals surface area contributed by atoms with E-state index in [0.29, 0.717) is 5.69 Å². The number of nitrogens with one attached hydrogen (secondary N) is 2. The summed E-state index contributed by atoms with van der Waals surface area (Å²) >= 11 is 0. The Morgan fingerprint density at radius 2 is 2.05 bits per heavy atom. The molecule has 0 aliphatic heterocycles. The highest BCUT2D eigenvalue weighted by atomic mass is 32.2. The first-order valence-electron chi connectivity index (χ1n) is 5.56. The summed E-state index contributed by atoms with van der Waals surface area (Å²) in [7, 11) is -3.94. The van der Waals surface area contributed by atoms with E-state index >= 15 is 0 Å². The summed E-state index contributed by atoms with van der Waals surface area (Å²) in [6, 6.07) is 4.53. The van der Waals surface area contributed by atoms with Crippen LogP contribution in [0.3, 0.4) is 0 Å². The molecule has 0 atom stereocenters. The van der Waals surface area contributed by atoms with Gasteiger partial charge in [0.25, 0.3) is 10.0 Å². The fraction of sp³-hybridized carbons (Fsp3) is 0.182. The number of H-pyrrole nitrogens is 1. The predicted molar refractivity (Wildman–Crippen MR) is 67.3 cm³/mol. The smallest absolute Gasteiger partial charge is 0.406 e. The van der Waals surface area contributed by atoms with Crippen LogP contribution in [-0.4, -0.2) is 25.0 Å². The van der Waals surface area contributed by atoms with E-state index in [1.165, 1.54) is 19.1 Å². The number of nitrogens with zero attached hydrogens (tertiary/aromatic N) is 1. The number of aromatic nitrogens is 2. The van der Waals surface area contributed by atoms with Gasteiger partial charge in [0.05, 0.1) is 17.6 Å². The van der Waals surface area contributed by atoms with Gasteiger partial charge in [-0.3, -0.25) is 9.82 Å². The van der Waals surface area contributed by atoms with Crippen molar-refractivity contribution in [3.8, 4) is 5.75 Å². The van der Waals surface area contributed by atoms with Gasteiger partial charge in [0.2, 0.25) is 0 Å². The molecule has 0 aliphatic rings. The summed E-state index contributed by atoms with van der Waals surface area (Å²) in [5.41, 5.74) is 0.252. The number of aromatic amines is 1. The molecule has 1 aromatic carbocycles. The molecular weight excluding hydrogens is 311 g/mol. The zero-order valence-corrected chi connectivity index (χ0v) is 11.4. The number of halogens is 3. The van der Waals surface area contributed by atoms with E-state index in [-0.39, 0.29) is 10.6 Å². The zero-order valence-electron chi connectivity index (χ0n) is 10.6. The van der Waals surface area contributed by atoms with E-state index in [4.69, 9.17) is 0 Å². The van der Waals surface area contributed by atoms with Crippen molar-refractivity contribution in [2.24, 2.45) is 0 Å². The molecule has 0 amide bonds. The maximum Gasteiger partial charge on any atom is 0.573 e. The normalized spacial score (nSPS) is 12.2. The van der Waals surface area contributed by atoms with Crippen LogP contribution >= 0.6 is 0 Å². The number of anilines is 1. The van der Waals surface area contributed by atoms with Crippen molar-refractivity contribution in [1.29, 1.82) is 0 Å². The molecular formula is C11H10F3N3O3S. The van der Waals surface area contributed by atoms with E-state index in [0.717, 1.165) is 18.3 Å². The monoisotopic (exact) mass is 321 g/mol. The van der Waals surface area contributed by atoms with Crippen LogP contribution in [-0.2, 0) is 10.0 Å². The van der Waals surface area contributed by atoms with Crippen LogP contribution in [0.1, 0.15) is 5.69 Å². The molecule has 10 heteroatoms. The van der Waals surface area contributed by atoms with Crippen molar-refractivity contribution < 1.29 is 26.3 Å². The molecule has 0 bridgehead atoms. The first-order chi connectivity index (χ1) is 9.67. The average molecular weight is 321 g/mol. The highest BCUT2D eigenvalue weighted by Crippen LogP contribution is 2.26. The molecule has 2 N–H and O–H groups in total. The Hall–Kier alpha value is -2.23. The third kappa shape index (κ3) is 3.88. The van der Waals surface area contributed by atoms with Gasteiger partial charge < -0.3 is 4.74 Å². The minimum atomic E-state index is -4.85. The number of sulfonamides is 1. The fourth-order valence-corrected chi connectivity index (χ4v) is 2.76. The van der Waals surface area contributed by atoms with Crippen LogP contribution in [0.25, 0.3) is 0 Å². The summed E-state index contributed by atoms with van der Waals surface area (Å²) in [6.45, 7) is 1.50. The lowest BCUT2D eigenvalue weighted by atomic mass is 10.3. The van der Waals surface area contributed by atoms with E-state index in [1.54, 1.807) is 0 Å². The van der Waals surface area contributed by atoms with Gasteiger partial charge in [-0.15, -0.1) is 13.2 Å². The Morgan fingerprint density at radius 1 is 1.33 bits per heavy atom. The quantitative estimate of drug-likeness (QED) is 0.906. The van der Waals surface area contributed by atoms with E-state index in [9.17, 15) is 21.6 Å². The first kappa shape index (κ1) is 15.2. The maximum absolute atomic E-state index is 12.1. The third-order valence-electron chi connectivity index (χ3n) is 2.39. The maximum atomic E-state index is 12.1. The molecule has 114 valence electrons. The van der Waals surface area contributed by atoms with Gasteiger partial charge in [0.1, 0.15) is 10.6 Å². The molecule has 0 spiro atoms. The molecule has 2 rings (SSSR count). The number of hydrogen-bond donors (Lipinski definition) is 2. The van der Waals surface area contributed by atoms with Crippen LogP contribution in [0.5, 0.6) is 5.75 Å². The highest BCUT2D eigenvalue weighted by Gasteiger charge is 2.31. The second-order valence-electron chi connectivity index (χ2n) is 4.04. The van der Waals surface area contributed by atoms with Crippen molar-refractivity contribution >= 4 is 15.7 Å². The Labute approximate surface area is 118 Å². The number of alkyl halides is 3. The van der Waals surface area contributed by atoms with E-state index in [2.05, 4.69) is 19.7 Å². The lowest BCUT2D eigenvalue weighted by Crippen LogP contribution is -2.17. The standard InChI is InChI=1S/C11H10F3N3O3S/c1-7-10(6-15-16-7)21(18,19)17-8-3-2-4-9(5-8)20-11(12,13)14/h2-6,17H,1H3,(H,15,16). The van der Waals surface area contributed by atoms with Crippen molar-refractivity contribution in [2.45, 2.75) is 18.2 Å². The second kappa shape index (κ2) is 5.28. The number of rotatable bonds is 4. The van der Waals surface area contributed by atoms with E-state index < -0.39 is 22.1 Å². The summed E-state index contributed by atoms with van der Waals surface area (Å²) in [4.78, 5) is -0.0929. The van der Waals surface area contributed by atoms with Crippen LogP contribution in [0.4, 0.5) is 18.9 Å². The SMILES string of the molecule is Cc1[nH]ncc1S(=O)(=O)Nc1cccc(OC(F)(F)F)c1. The van der Waals surface area contributed by atoms with Crippen LogP contribution in [0.15, 0.2) is 35.4 Å². The van der Waals surface area contributed by atoms with Crippen molar-refractivity contribution in [1.82, 2.24) is 10.2 Å². The van der Waals surface area contributed by atoms with Gasteiger partial charge >= 0.3 is 6.36 Å². The molecule has 2 aromatic rings. The van der Waals surface area contributed by atoms with Crippen molar-refractivity contribution in [3.05, 3.63) is 36.2 Å². The molecule has 21 heavy (non-hydrogen) atoms. The van der Waals surface area contributed by atoms with Crippen LogP contribution < -0.4 is 9.46 Å². The van der Waals surface area contributed by atoms with Gasteiger partial charge in [-0.25, -0.2) is 8.42 Å². The zero-order chi connectivity index (χ0) is 15.7. The molecule has 0 saturated heterocycles. The largest absolute Gasteiger partial charge is 0.573 e. The summed E-state index contributed by atoms with van der Waals surface area (Å²) in [5.74, 6) is -0.522. The van der Waals surface area contributed by atoms with Gasteiger partial charge in [-0.1, -0.05) is 6.07 Å². The molecule has 6 nitrogen and oxygen atoms in total. The number of aryl methyl sites for hydroxylation is 1. The predicted octanol–water partition coefficient (Wildman–Crippen LogP) is 2.42. The topological polar surface area (TPSA) is 84.1 Å². The minimum Gasteiger partial charge on any atom is -0.406 e. The van der Waals surface area contributed by atoms with Gasteiger partial charge in [-0.05, 0) is 19.1 Å². The average Bonchev–Trinajstić information content (AvgIpc) is 2.73. The Balaban J connectivity index is 2.24. The first-order valence-corrected chi connectivity index (χ1v) is 7.04. The van der Waals surface area contributed by atoms with Crippen LogP contribution in [0, 0.1) is 6.92 Å². The highest BCUT2D eigenvalue weighted by molar-refractivity contribution is 7.92. The van der Waals surface area contributed by atoms with Crippen LogP contribution in [0.2, 0.25) is 0 Å². The third-order valence-corrected chi connectivity index (χ3v) is 3.89. The summed E-state index contributed by atoms with van der Waals surface area (Å²) in [6.07, 6.45) is -3.74. The van der Waals surface area contributed by atoms with Crippen molar-refractivity contribution in [2.75, 3.05) is 4.72 Å². The minimum absolute atomic E-state index is 0.0580. The van der Waals surface area contributed by atoms with Gasteiger partial charge in [-0.2, -0.15) is 5.10 Å². The number of benzene rings is 1. The van der Waals surface area contributed by atoms with Gasteiger partial charge in [0, 0.05) is 6.07 Å². The Kier molecular flexibility index (Phi) is 3.81. The Bertz CT molecular complexity index is 740.